The molecule has 0 aromatic heterocycles. The lowest BCUT2D eigenvalue weighted by Gasteiger charge is -2.27. The SMILES string of the molecule is C=CC(C)(CNC1CC1)Cc1cccc2ccccc12. The van der Waals surface area contributed by atoms with E-state index in [9.17, 15) is 0 Å². The Morgan fingerprint density at radius 2 is 1.95 bits per heavy atom. The molecule has 2 aromatic rings. The summed E-state index contributed by atoms with van der Waals surface area (Å²) in [5.41, 5.74) is 1.54. The summed E-state index contributed by atoms with van der Waals surface area (Å²) >= 11 is 0. The maximum atomic E-state index is 4.07. The fourth-order valence-corrected chi connectivity index (χ4v) is 2.75. The van der Waals surface area contributed by atoms with Crippen LogP contribution in [0.15, 0.2) is 55.1 Å². The van der Waals surface area contributed by atoms with Gasteiger partial charge in [0.2, 0.25) is 0 Å². The monoisotopic (exact) mass is 265 g/mol. The van der Waals surface area contributed by atoms with E-state index in [4.69, 9.17) is 0 Å². The van der Waals surface area contributed by atoms with Crippen LogP contribution in [-0.2, 0) is 6.42 Å². The van der Waals surface area contributed by atoms with E-state index in [2.05, 4.69) is 67.4 Å². The van der Waals surface area contributed by atoms with Gasteiger partial charge in [0.1, 0.15) is 0 Å². The third-order valence-corrected chi connectivity index (χ3v) is 4.34. The van der Waals surface area contributed by atoms with Crippen LogP contribution in [0, 0.1) is 5.41 Å². The molecule has 0 bridgehead atoms. The molecule has 0 spiro atoms. The average molecular weight is 265 g/mol. The van der Waals surface area contributed by atoms with E-state index in [1.54, 1.807) is 0 Å². The molecular formula is C19H23N. The summed E-state index contributed by atoms with van der Waals surface area (Å²) in [6, 6.07) is 16.0. The van der Waals surface area contributed by atoms with Gasteiger partial charge in [0.15, 0.2) is 0 Å². The third kappa shape index (κ3) is 2.94. The zero-order valence-electron chi connectivity index (χ0n) is 12.2. The molecule has 1 fully saturated rings. The molecule has 20 heavy (non-hydrogen) atoms. The zero-order chi connectivity index (χ0) is 14.0. The van der Waals surface area contributed by atoms with Crippen molar-refractivity contribution < 1.29 is 0 Å². The number of nitrogens with one attached hydrogen (secondary N) is 1. The fourth-order valence-electron chi connectivity index (χ4n) is 2.75. The van der Waals surface area contributed by atoms with Crippen LogP contribution in [0.25, 0.3) is 10.8 Å². The van der Waals surface area contributed by atoms with Crippen molar-refractivity contribution in [1.29, 1.82) is 0 Å². The summed E-state index contributed by atoms with van der Waals surface area (Å²) in [5, 5.41) is 6.34. The first-order valence-corrected chi connectivity index (χ1v) is 7.54. The Balaban J connectivity index is 1.84. The van der Waals surface area contributed by atoms with Crippen molar-refractivity contribution in [3.05, 3.63) is 60.7 Å². The van der Waals surface area contributed by atoms with Crippen molar-refractivity contribution in [2.75, 3.05) is 6.54 Å². The zero-order valence-corrected chi connectivity index (χ0v) is 12.2. The normalized spacial score (nSPS) is 17.9. The Bertz CT molecular complexity index is 607. The van der Waals surface area contributed by atoms with Crippen LogP contribution in [0.2, 0.25) is 0 Å². The van der Waals surface area contributed by atoms with Gasteiger partial charge in [0.25, 0.3) is 0 Å². The minimum Gasteiger partial charge on any atom is -0.313 e. The Labute approximate surface area is 121 Å². The molecule has 1 unspecified atom stereocenters. The lowest BCUT2D eigenvalue weighted by atomic mass is 9.82. The quantitative estimate of drug-likeness (QED) is 0.767. The summed E-state index contributed by atoms with van der Waals surface area (Å²) in [6.45, 7) is 7.39. The van der Waals surface area contributed by atoms with E-state index in [1.807, 2.05) is 0 Å². The van der Waals surface area contributed by atoms with Crippen molar-refractivity contribution in [2.45, 2.75) is 32.2 Å². The Hall–Kier alpha value is -1.60. The molecule has 0 aliphatic heterocycles. The molecule has 1 N–H and O–H groups in total. The molecule has 1 nitrogen and oxygen atoms in total. The summed E-state index contributed by atoms with van der Waals surface area (Å²) in [4.78, 5) is 0. The molecule has 0 amide bonds. The molecule has 1 aliphatic rings. The van der Waals surface area contributed by atoms with Gasteiger partial charge in [-0.1, -0.05) is 55.5 Å². The standard InChI is InChI=1S/C19H23N/c1-3-19(2,14-20-17-11-12-17)13-16-9-6-8-15-7-4-5-10-18(15)16/h3-10,17,20H,1,11-14H2,2H3. The van der Waals surface area contributed by atoms with E-state index in [-0.39, 0.29) is 5.41 Å². The maximum absolute atomic E-state index is 4.07. The highest BCUT2D eigenvalue weighted by molar-refractivity contribution is 5.85. The van der Waals surface area contributed by atoms with Gasteiger partial charge < -0.3 is 5.32 Å². The van der Waals surface area contributed by atoms with E-state index in [0.29, 0.717) is 0 Å². The predicted octanol–water partition coefficient (Wildman–Crippen LogP) is 4.33. The molecule has 2 aromatic carbocycles. The van der Waals surface area contributed by atoms with Crippen LogP contribution in [0.3, 0.4) is 0 Å². The number of hydrogen-bond donors (Lipinski definition) is 1. The van der Waals surface area contributed by atoms with Crippen LogP contribution >= 0.6 is 0 Å². The van der Waals surface area contributed by atoms with Gasteiger partial charge in [0, 0.05) is 18.0 Å². The van der Waals surface area contributed by atoms with Gasteiger partial charge in [-0.3, -0.25) is 0 Å². The summed E-state index contributed by atoms with van der Waals surface area (Å²) in [7, 11) is 0. The number of hydrogen-bond acceptors (Lipinski definition) is 1. The summed E-state index contributed by atoms with van der Waals surface area (Å²) in [6.07, 6.45) is 5.82. The van der Waals surface area contributed by atoms with Gasteiger partial charge in [-0.05, 0) is 35.6 Å². The van der Waals surface area contributed by atoms with E-state index in [0.717, 1.165) is 19.0 Å². The van der Waals surface area contributed by atoms with Gasteiger partial charge in [0.05, 0.1) is 0 Å². The maximum Gasteiger partial charge on any atom is 0.00685 e. The average Bonchev–Trinajstić information content (AvgIpc) is 3.30. The fraction of sp³-hybridized carbons (Fsp3) is 0.368. The Morgan fingerprint density at radius 1 is 1.20 bits per heavy atom. The van der Waals surface area contributed by atoms with Crippen LogP contribution in [-0.4, -0.2) is 12.6 Å². The highest BCUT2D eigenvalue weighted by Crippen LogP contribution is 2.29. The van der Waals surface area contributed by atoms with Gasteiger partial charge in [-0.15, -0.1) is 6.58 Å². The smallest absolute Gasteiger partial charge is 0.00685 e. The number of benzene rings is 2. The van der Waals surface area contributed by atoms with Crippen LogP contribution in [0.5, 0.6) is 0 Å². The first-order chi connectivity index (χ1) is 9.70. The van der Waals surface area contributed by atoms with Crippen molar-refractivity contribution in [2.24, 2.45) is 5.41 Å². The van der Waals surface area contributed by atoms with Crippen LogP contribution in [0.1, 0.15) is 25.3 Å². The number of rotatable bonds is 6. The molecule has 1 aliphatic carbocycles. The second kappa shape index (κ2) is 5.41. The van der Waals surface area contributed by atoms with Crippen molar-refractivity contribution >= 4 is 10.8 Å². The van der Waals surface area contributed by atoms with Crippen molar-refractivity contribution in [3.63, 3.8) is 0 Å². The van der Waals surface area contributed by atoms with Crippen LogP contribution in [0.4, 0.5) is 0 Å². The van der Waals surface area contributed by atoms with Crippen molar-refractivity contribution in [1.82, 2.24) is 5.32 Å². The minimum atomic E-state index is 0.118. The lowest BCUT2D eigenvalue weighted by molar-refractivity contribution is 0.390. The molecule has 1 saturated carbocycles. The van der Waals surface area contributed by atoms with E-state index < -0.39 is 0 Å². The molecule has 0 radical (unpaired) electrons. The topological polar surface area (TPSA) is 12.0 Å². The molecule has 104 valence electrons. The molecule has 3 rings (SSSR count). The lowest BCUT2D eigenvalue weighted by Crippen LogP contribution is -2.33. The van der Waals surface area contributed by atoms with Crippen LogP contribution < -0.4 is 5.32 Å². The highest BCUT2D eigenvalue weighted by atomic mass is 15.0. The second-order valence-corrected chi connectivity index (χ2v) is 6.33. The molecule has 0 saturated heterocycles. The molecule has 1 atom stereocenters. The molecule has 1 heteroatoms. The Morgan fingerprint density at radius 3 is 2.70 bits per heavy atom. The first-order valence-electron chi connectivity index (χ1n) is 7.54. The molecule has 0 heterocycles. The second-order valence-electron chi connectivity index (χ2n) is 6.33. The molecular weight excluding hydrogens is 242 g/mol. The highest BCUT2D eigenvalue weighted by Gasteiger charge is 2.27. The minimum absolute atomic E-state index is 0.118. The summed E-state index contributed by atoms with van der Waals surface area (Å²) < 4.78 is 0. The summed E-state index contributed by atoms with van der Waals surface area (Å²) in [5.74, 6) is 0. The van der Waals surface area contributed by atoms with Gasteiger partial charge in [-0.2, -0.15) is 0 Å². The van der Waals surface area contributed by atoms with Crippen molar-refractivity contribution in [3.8, 4) is 0 Å². The van der Waals surface area contributed by atoms with E-state index in [1.165, 1.54) is 29.2 Å². The largest absolute Gasteiger partial charge is 0.313 e. The van der Waals surface area contributed by atoms with E-state index >= 15 is 0 Å². The van der Waals surface area contributed by atoms with Gasteiger partial charge >= 0.3 is 0 Å². The third-order valence-electron chi connectivity index (χ3n) is 4.34. The number of fused-ring (bicyclic) bond motifs is 1. The Kier molecular flexibility index (Phi) is 3.62. The predicted molar refractivity (Wildman–Crippen MR) is 87.0 cm³/mol. The first kappa shape index (κ1) is 13.4. The van der Waals surface area contributed by atoms with Gasteiger partial charge in [-0.25, -0.2) is 0 Å².